The predicted molar refractivity (Wildman–Crippen MR) is 106 cm³/mol. The third kappa shape index (κ3) is 6.26. The van der Waals surface area contributed by atoms with Gasteiger partial charge in [0.1, 0.15) is 5.75 Å². The summed E-state index contributed by atoms with van der Waals surface area (Å²) in [6.45, 7) is 3.43. The van der Waals surface area contributed by atoms with Gasteiger partial charge in [-0.1, -0.05) is 35.0 Å². The predicted octanol–water partition coefficient (Wildman–Crippen LogP) is 4.78. The minimum Gasteiger partial charge on any atom is -0.497 e. The number of carbonyl (C=O) groups is 1. The lowest BCUT2D eigenvalue weighted by Crippen LogP contribution is -2.26. The third-order valence-electron chi connectivity index (χ3n) is 3.47. The first-order valence-electron chi connectivity index (χ1n) is 8.07. The number of carbonyl (C=O) groups excluding carboxylic acids is 1. The Morgan fingerprint density at radius 2 is 1.81 bits per heavy atom. The van der Waals surface area contributed by atoms with Crippen LogP contribution in [0, 0.1) is 0 Å². The highest BCUT2D eigenvalue weighted by Gasteiger charge is 2.14. The molecule has 0 spiro atoms. The van der Waals surface area contributed by atoms with E-state index in [0.717, 1.165) is 11.3 Å². The van der Waals surface area contributed by atoms with Gasteiger partial charge < -0.3 is 14.9 Å². The topological polar surface area (TPSA) is 59.9 Å². The second kappa shape index (κ2) is 9.63. The first-order valence-corrected chi connectivity index (χ1v) is 8.44. The molecule has 0 saturated heterocycles. The van der Waals surface area contributed by atoms with Gasteiger partial charge in [-0.3, -0.25) is 4.79 Å². The molecule has 5 nitrogen and oxygen atoms in total. The summed E-state index contributed by atoms with van der Waals surface area (Å²) in [7, 11) is 1.59. The summed E-state index contributed by atoms with van der Waals surface area (Å²) >= 11 is 5.85. The molecule has 1 atom stereocenters. The van der Waals surface area contributed by atoms with Crippen molar-refractivity contribution in [1.29, 1.82) is 0 Å². The molecule has 0 radical (unpaired) electrons. The maximum atomic E-state index is 12.1. The molecule has 2 aromatic carbocycles. The van der Waals surface area contributed by atoms with Crippen LogP contribution in [0.1, 0.15) is 19.4 Å². The van der Waals surface area contributed by atoms with Crippen LogP contribution < -0.4 is 10.1 Å². The molecule has 6 heteroatoms. The zero-order valence-electron chi connectivity index (χ0n) is 14.9. The number of ether oxygens (including phenoxy) is 1. The Bertz CT molecular complexity index is 784. The quantitative estimate of drug-likeness (QED) is 0.562. The molecule has 1 amide bonds. The molecule has 26 heavy (non-hydrogen) atoms. The lowest BCUT2D eigenvalue weighted by molar-refractivity contribution is -0.126. The number of halogens is 1. The van der Waals surface area contributed by atoms with Crippen molar-refractivity contribution >= 4 is 35.0 Å². The molecular formula is C20H21ClN2O3. The Balaban J connectivity index is 1.86. The van der Waals surface area contributed by atoms with E-state index in [1.54, 1.807) is 51.3 Å². The molecule has 1 unspecified atom stereocenters. The van der Waals surface area contributed by atoms with Crippen LogP contribution in [0.15, 0.2) is 59.8 Å². The monoisotopic (exact) mass is 372 g/mol. The largest absolute Gasteiger partial charge is 0.497 e. The van der Waals surface area contributed by atoms with E-state index in [9.17, 15) is 4.79 Å². The number of benzene rings is 2. The molecule has 0 aliphatic carbocycles. The highest BCUT2D eigenvalue weighted by molar-refractivity contribution is 6.30. The van der Waals surface area contributed by atoms with Gasteiger partial charge in [0, 0.05) is 10.7 Å². The number of oxime groups is 1. The zero-order chi connectivity index (χ0) is 18.9. The number of amides is 1. The first-order chi connectivity index (χ1) is 12.5. The van der Waals surface area contributed by atoms with Gasteiger partial charge in [0.25, 0.3) is 5.91 Å². The van der Waals surface area contributed by atoms with Gasteiger partial charge in [-0.05, 0) is 61.9 Å². The minimum atomic E-state index is -0.726. The van der Waals surface area contributed by atoms with E-state index >= 15 is 0 Å². The highest BCUT2D eigenvalue weighted by Crippen LogP contribution is 2.15. The Labute approximate surface area is 158 Å². The summed E-state index contributed by atoms with van der Waals surface area (Å²) in [5, 5.41) is 7.42. The van der Waals surface area contributed by atoms with Gasteiger partial charge in [-0.15, -0.1) is 0 Å². The highest BCUT2D eigenvalue weighted by atomic mass is 35.5. The molecule has 0 fully saturated rings. The molecular weight excluding hydrogens is 352 g/mol. The fourth-order valence-electron chi connectivity index (χ4n) is 1.95. The normalized spacial score (nSPS) is 12.7. The van der Waals surface area contributed by atoms with Crippen LogP contribution in [0.3, 0.4) is 0 Å². The van der Waals surface area contributed by atoms with Gasteiger partial charge in [0.05, 0.1) is 12.8 Å². The number of hydrogen-bond acceptors (Lipinski definition) is 4. The molecule has 0 aromatic heterocycles. The second-order valence-electron chi connectivity index (χ2n) is 5.58. The van der Waals surface area contributed by atoms with Crippen molar-refractivity contribution in [3.8, 4) is 5.75 Å². The fraction of sp³-hybridized carbons (Fsp3) is 0.200. The lowest BCUT2D eigenvalue weighted by atomic mass is 10.2. The molecule has 0 saturated carbocycles. The summed E-state index contributed by atoms with van der Waals surface area (Å²) in [5.74, 6) is 0.438. The zero-order valence-corrected chi connectivity index (χ0v) is 15.7. The molecule has 0 heterocycles. The molecule has 0 aliphatic heterocycles. The van der Waals surface area contributed by atoms with Gasteiger partial charge >= 0.3 is 0 Å². The molecule has 2 aromatic rings. The van der Waals surface area contributed by atoms with Gasteiger partial charge in [0.15, 0.2) is 0 Å². The van der Waals surface area contributed by atoms with Crippen LogP contribution in [-0.2, 0) is 9.63 Å². The number of nitrogens with zero attached hydrogens (tertiary/aromatic N) is 1. The SMILES string of the molecule is COc1ccc(NC(=O)C(C)O/N=C(C)/C=C/c2ccc(Cl)cc2)cc1. The van der Waals surface area contributed by atoms with E-state index in [2.05, 4.69) is 10.5 Å². The summed E-state index contributed by atoms with van der Waals surface area (Å²) in [6, 6.07) is 14.5. The van der Waals surface area contributed by atoms with Gasteiger partial charge in [0.2, 0.25) is 6.10 Å². The smallest absolute Gasteiger partial charge is 0.267 e. The van der Waals surface area contributed by atoms with Crippen molar-refractivity contribution in [3.63, 3.8) is 0 Å². The van der Waals surface area contributed by atoms with E-state index in [1.165, 1.54) is 0 Å². The van der Waals surface area contributed by atoms with Crippen molar-refractivity contribution in [1.82, 2.24) is 0 Å². The molecule has 2 rings (SSSR count). The number of anilines is 1. The van der Waals surface area contributed by atoms with Crippen molar-refractivity contribution < 1.29 is 14.4 Å². The summed E-state index contributed by atoms with van der Waals surface area (Å²) in [4.78, 5) is 17.4. The number of rotatable bonds is 7. The third-order valence-corrected chi connectivity index (χ3v) is 3.72. The average molecular weight is 373 g/mol. The van der Waals surface area contributed by atoms with Crippen LogP contribution in [0.25, 0.3) is 6.08 Å². The fourth-order valence-corrected chi connectivity index (χ4v) is 2.08. The Kier molecular flexibility index (Phi) is 7.24. The molecule has 0 aliphatic rings. The van der Waals surface area contributed by atoms with E-state index in [1.807, 2.05) is 30.3 Å². The average Bonchev–Trinajstić information content (AvgIpc) is 2.66. The van der Waals surface area contributed by atoms with E-state index in [4.69, 9.17) is 21.2 Å². The number of allylic oxidation sites excluding steroid dienone is 1. The molecule has 0 bridgehead atoms. The first kappa shape index (κ1) is 19.5. The van der Waals surface area contributed by atoms with Crippen molar-refractivity contribution in [2.45, 2.75) is 20.0 Å². The molecule has 1 N–H and O–H groups in total. The van der Waals surface area contributed by atoms with Crippen LogP contribution in [0.4, 0.5) is 5.69 Å². The number of nitrogens with one attached hydrogen (secondary N) is 1. The van der Waals surface area contributed by atoms with Crippen molar-refractivity contribution in [2.24, 2.45) is 5.16 Å². The minimum absolute atomic E-state index is 0.284. The Morgan fingerprint density at radius 1 is 1.15 bits per heavy atom. The van der Waals surface area contributed by atoms with Crippen LogP contribution in [-0.4, -0.2) is 24.8 Å². The lowest BCUT2D eigenvalue weighted by Gasteiger charge is -2.11. The second-order valence-corrected chi connectivity index (χ2v) is 6.02. The van der Waals surface area contributed by atoms with E-state index < -0.39 is 6.10 Å². The van der Waals surface area contributed by atoms with E-state index in [0.29, 0.717) is 16.4 Å². The maximum Gasteiger partial charge on any atom is 0.267 e. The standard InChI is InChI=1S/C20H21ClN2O3/c1-14(4-5-16-6-8-17(21)9-7-16)23-26-15(2)20(24)22-18-10-12-19(25-3)13-11-18/h4-13,15H,1-3H3,(H,22,24)/b5-4+,23-14+. The summed E-state index contributed by atoms with van der Waals surface area (Å²) < 4.78 is 5.08. The van der Waals surface area contributed by atoms with E-state index in [-0.39, 0.29) is 5.91 Å². The number of hydrogen-bond donors (Lipinski definition) is 1. The van der Waals surface area contributed by atoms with Crippen LogP contribution >= 0.6 is 11.6 Å². The Hall–Kier alpha value is -2.79. The van der Waals surface area contributed by atoms with Gasteiger partial charge in [-0.2, -0.15) is 0 Å². The maximum absolute atomic E-state index is 12.1. The van der Waals surface area contributed by atoms with Crippen molar-refractivity contribution in [3.05, 3.63) is 65.2 Å². The number of methoxy groups -OCH3 is 1. The Morgan fingerprint density at radius 3 is 2.42 bits per heavy atom. The van der Waals surface area contributed by atoms with Gasteiger partial charge in [-0.25, -0.2) is 0 Å². The van der Waals surface area contributed by atoms with Crippen LogP contribution in [0.2, 0.25) is 5.02 Å². The summed E-state index contributed by atoms with van der Waals surface area (Å²) in [5.41, 5.74) is 2.30. The summed E-state index contributed by atoms with van der Waals surface area (Å²) in [6.07, 6.45) is 2.97. The van der Waals surface area contributed by atoms with Crippen molar-refractivity contribution in [2.75, 3.05) is 12.4 Å². The van der Waals surface area contributed by atoms with Crippen LogP contribution in [0.5, 0.6) is 5.75 Å². The molecule has 136 valence electrons.